The Morgan fingerprint density at radius 3 is 2.50 bits per heavy atom. The predicted octanol–water partition coefficient (Wildman–Crippen LogP) is 5.17. The molecule has 0 radical (unpaired) electrons. The molecule has 0 aliphatic carbocycles. The lowest BCUT2D eigenvalue weighted by Gasteiger charge is -2.13. The van der Waals surface area contributed by atoms with E-state index in [1.165, 1.54) is 0 Å². The van der Waals surface area contributed by atoms with Crippen LogP contribution < -0.4 is 14.8 Å². The highest BCUT2D eigenvalue weighted by atomic mass is 16.5. The summed E-state index contributed by atoms with van der Waals surface area (Å²) in [7, 11) is 1.57. The van der Waals surface area contributed by atoms with Crippen molar-refractivity contribution in [3.63, 3.8) is 0 Å². The largest absolute Gasteiger partial charge is 0.493 e. The maximum atomic E-state index is 13.4. The van der Waals surface area contributed by atoms with E-state index in [0.717, 1.165) is 16.8 Å². The zero-order valence-electron chi connectivity index (χ0n) is 19.5. The van der Waals surface area contributed by atoms with Gasteiger partial charge in [-0.15, -0.1) is 0 Å². The monoisotopic (exact) mass is 477 g/mol. The first-order chi connectivity index (χ1) is 17.7. The number of rotatable bonds is 8. The molecule has 0 spiro atoms. The van der Waals surface area contributed by atoms with Crippen molar-refractivity contribution in [2.24, 2.45) is 0 Å². The number of methoxy groups -OCH3 is 1. The summed E-state index contributed by atoms with van der Waals surface area (Å²) in [4.78, 5) is 21.6. The first-order valence-corrected chi connectivity index (χ1v) is 11.3. The normalized spacial score (nSPS) is 10.6. The van der Waals surface area contributed by atoms with Gasteiger partial charge in [-0.25, -0.2) is 4.68 Å². The van der Waals surface area contributed by atoms with Crippen LogP contribution in [-0.2, 0) is 6.61 Å². The number of carbonyl (C=O) groups excluding carboxylic acids is 1. The quantitative estimate of drug-likeness (QED) is 0.332. The number of aromatic nitrogens is 4. The Balaban J connectivity index is 1.43. The fraction of sp³-hybridized carbons (Fsp3) is 0.0714. The maximum Gasteiger partial charge on any atom is 0.259 e. The van der Waals surface area contributed by atoms with Crippen molar-refractivity contribution in [2.45, 2.75) is 6.61 Å². The Hall–Kier alpha value is -4.98. The summed E-state index contributed by atoms with van der Waals surface area (Å²) in [6.07, 6.45) is 8.51. The fourth-order valence-electron chi connectivity index (χ4n) is 3.67. The van der Waals surface area contributed by atoms with E-state index in [-0.39, 0.29) is 5.91 Å². The number of carbonyl (C=O) groups is 1. The van der Waals surface area contributed by atoms with Crippen molar-refractivity contribution in [1.82, 2.24) is 19.7 Å². The van der Waals surface area contributed by atoms with Crippen molar-refractivity contribution in [2.75, 3.05) is 12.4 Å². The summed E-state index contributed by atoms with van der Waals surface area (Å²) < 4.78 is 13.1. The molecule has 8 heteroatoms. The second-order valence-corrected chi connectivity index (χ2v) is 7.88. The highest BCUT2D eigenvalue weighted by Crippen LogP contribution is 2.32. The first-order valence-electron chi connectivity index (χ1n) is 11.3. The standard InChI is InChI=1S/C28H23N5O3/c1-35-25-10-9-22(16-26(25)36-19-20-11-14-29-15-12-20)31-28(34)24-18-33(23-7-3-2-4-8-23)32-27(24)21-6-5-13-30-17-21/h2-18H,19H2,1H3,(H,31,34). The van der Waals surface area contributed by atoms with Crippen LogP contribution in [0.2, 0.25) is 0 Å². The third kappa shape index (κ3) is 5.07. The average molecular weight is 478 g/mol. The Morgan fingerprint density at radius 2 is 1.75 bits per heavy atom. The molecule has 8 nitrogen and oxygen atoms in total. The minimum Gasteiger partial charge on any atom is -0.493 e. The van der Waals surface area contributed by atoms with Crippen molar-refractivity contribution < 1.29 is 14.3 Å². The number of nitrogens with zero attached hydrogens (tertiary/aromatic N) is 4. The number of hydrogen-bond acceptors (Lipinski definition) is 6. The van der Waals surface area contributed by atoms with E-state index >= 15 is 0 Å². The van der Waals surface area contributed by atoms with Gasteiger partial charge in [0.1, 0.15) is 12.3 Å². The Labute approximate surface area is 208 Å². The van der Waals surface area contributed by atoms with Crippen molar-refractivity contribution in [3.05, 3.63) is 115 Å². The maximum absolute atomic E-state index is 13.4. The molecule has 0 aliphatic heterocycles. The van der Waals surface area contributed by atoms with Gasteiger partial charge in [-0.2, -0.15) is 5.10 Å². The lowest BCUT2D eigenvalue weighted by molar-refractivity contribution is 0.102. The molecule has 5 aromatic rings. The number of benzene rings is 2. The van der Waals surface area contributed by atoms with E-state index in [9.17, 15) is 4.79 Å². The molecule has 3 aromatic heterocycles. The minimum absolute atomic E-state index is 0.304. The molecule has 0 saturated heterocycles. The van der Waals surface area contributed by atoms with Crippen LogP contribution in [0.25, 0.3) is 16.9 Å². The molecule has 0 atom stereocenters. The Morgan fingerprint density at radius 1 is 0.917 bits per heavy atom. The van der Waals surface area contributed by atoms with Crippen LogP contribution in [0.1, 0.15) is 15.9 Å². The van der Waals surface area contributed by atoms with E-state index < -0.39 is 0 Å². The van der Waals surface area contributed by atoms with E-state index in [4.69, 9.17) is 9.47 Å². The molecule has 0 fully saturated rings. The van der Waals surface area contributed by atoms with Gasteiger partial charge >= 0.3 is 0 Å². The zero-order valence-corrected chi connectivity index (χ0v) is 19.5. The number of amides is 1. The lowest BCUT2D eigenvalue weighted by atomic mass is 10.1. The molecular weight excluding hydrogens is 454 g/mol. The molecule has 1 N–H and O–H groups in total. The number of nitrogens with one attached hydrogen (secondary N) is 1. The van der Waals surface area contributed by atoms with Crippen LogP contribution in [0, 0.1) is 0 Å². The zero-order chi connectivity index (χ0) is 24.7. The van der Waals surface area contributed by atoms with Gasteiger partial charge < -0.3 is 14.8 Å². The highest BCUT2D eigenvalue weighted by Gasteiger charge is 2.20. The van der Waals surface area contributed by atoms with Gasteiger partial charge in [-0.3, -0.25) is 14.8 Å². The summed E-state index contributed by atoms with van der Waals surface area (Å²) in [5.74, 6) is 0.774. The summed E-state index contributed by atoms with van der Waals surface area (Å²) in [5.41, 5.74) is 4.08. The molecule has 0 unspecified atom stereocenters. The number of anilines is 1. The van der Waals surface area contributed by atoms with Crippen LogP contribution >= 0.6 is 0 Å². The molecule has 5 rings (SSSR count). The van der Waals surface area contributed by atoms with Crippen molar-refractivity contribution in [1.29, 1.82) is 0 Å². The lowest BCUT2D eigenvalue weighted by Crippen LogP contribution is -2.12. The van der Waals surface area contributed by atoms with Crippen LogP contribution in [0.3, 0.4) is 0 Å². The topological polar surface area (TPSA) is 91.2 Å². The molecule has 3 heterocycles. The molecule has 0 aliphatic rings. The highest BCUT2D eigenvalue weighted by molar-refractivity contribution is 6.08. The van der Waals surface area contributed by atoms with E-state index in [1.807, 2.05) is 54.6 Å². The van der Waals surface area contributed by atoms with Gasteiger partial charge in [0, 0.05) is 48.3 Å². The Bertz CT molecular complexity index is 1460. The van der Waals surface area contributed by atoms with E-state index in [0.29, 0.717) is 35.1 Å². The molecule has 1 amide bonds. The van der Waals surface area contributed by atoms with Gasteiger partial charge in [0.2, 0.25) is 0 Å². The first kappa shape index (κ1) is 22.8. The second kappa shape index (κ2) is 10.5. The van der Waals surface area contributed by atoms with Gasteiger partial charge in [0.15, 0.2) is 11.5 Å². The molecule has 36 heavy (non-hydrogen) atoms. The SMILES string of the molecule is COc1ccc(NC(=O)c2cn(-c3ccccc3)nc2-c2cccnc2)cc1OCc1ccncc1. The predicted molar refractivity (Wildman–Crippen MR) is 136 cm³/mol. The second-order valence-electron chi connectivity index (χ2n) is 7.88. The van der Waals surface area contributed by atoms with Crippen LogP contribution in [0.15, 0.2) is 104 Å². The smallest absolute Gasteiger partial charge is 0.259 e. The minimum atomic E-state index is -0.304. The average Bonchev–Trinajstić information content (AvgIpc) is 3.39. The summed E-state index contributed by atoms with van der Waals surface area (Å²) in [6.45, 7) is 0.339. The molecular formula is C28H23N5O3. The van der Waals surface area contributed by atoms with Crippen molar-refractivity contribution in [3.8, 4) is 28.4 Å². The Kier molecular flexibility index (Phi) is 6.66. The summed E-state index contributed by atoms with van der Waals surface area (Å²) >= 11 is 0. The van der Waals surface area contributed by atoms with Crippen LogP contribution in [0.4, 0.5) is 5.69 Å². The molecule has 0 bridgehead atoms. The molecule has 178 valence electrons. The number of ether oxygens (including phenoxy) is 2. The third-order valence-corrected chi connectivity index (χ3v) is 5.48. The molecule has 0 saturated carbocycles. The van der Waals surface area contributed by atoms with Crippen LogP contribution in [0.5, 0.6) is 11.5 Å². The number of pyridine rings is 2. The third-order valence-electron chi connectivity index (χ3n) is 5.48. The van der Waals surface area contributed by atoms with Gasteiger partial charge in [0.25, 0.3) is 5.91 Å². The van der Waals surface area contributed by atoms with E-state index in [2.05, 4.69) is 20.4 Å². The summed E-state index contributed by atoms with van der Waals surface area (Å²) in [6, 6.07) is 22.3. The molecule has 2 aromatic carbocycles. The fourth-order valence-corrected chi connectivity index (χ4v) is 3.67. The number of hydrogen-bond donors (Lipinski definition) is 1. The van der Waals surface area contributed by atoms with Gasteiger partial charge in [0.05, 0.1) is 18.4 Å². The van der Waals surface area contributed by atoms with Gasteiger partial charge in [-0.05, 0) is 54.1 Å². The van der Waals surface area contributed by atoms with Crippen LogP contribution in [-0.4, -0.2) is 32.8 Å². The van der Waals surface area contributed by atoms with E-state index in [1.54, 1.807) is 61.0 Å². The van der Waals surface area contributed by atoms with Gasteiger partial charge in [-0.1, -0.05) is 18.2 Å². The number of para-hydroxylation sites is 1. The summed E-state index contributed by atoms with van der Waals surface area (Å²) in [5, 5.41) is 7.65. The van der Waals surface area contributed by atoms with Crippen molar-refractivity contribution >= 4 is 11.6 Å².